The molecule has 1 unspecified atom stereocenters. The fraction of sp³-hybridized carbons (Fsp3) is 0.636. The number of rotatable bonds is 6. The van der Waals surface area contributed by atoms with Gasteiger partial charge in [-0.3, -0.25) is 9.59 Å². The number of nitrogens with zero attached hydrogens (tertiary/aromatic N) is 1. The summed E-state index contributed by atoms with van der Waals surface area (Å²) in [5, 5.41) is 9.14. The van der Waals surface area contributed by atoms with Crippen LogP contribution in [-0.2, 0) is 15.0 Å². The Hall–Kier alpha value is -2.04. The van der Waals surface area contributed by atoms with E-state index in [9.17, 15) is 9.59 Å². The second-order valence-corrected chi connectivity index (χ2v) is 9.06. The highest BCUT2D eigenvalue weighted by atomic mass is 16.5. The molecule has 5 nitrogen and oxygen atoms in total. The Bertz CT molecular complexity index is 681. The van der Waals surface area contributed by atoms with Gasteiger partial charge in [0, 0.05) is 19.5 Å². The van der Waals surface area contributed by atoms with Gasteiger partial charge >= 0.3 is 5.97 Å². The van der Waals surface area contributed by atoms with Crippen LogP contribution in [0.25, 0.3) is 0 Å². The lowest BCUT2D eigenvalue weighted by molar-refractivity contribution is -0.139. The number of benzene rings is 1. The Kier molecular flexibility index (Phi) is 5.50. The summed E-state index contributed by atoms with van der Waals surface area (Å²) >= 11 is 0. The van der Waals surface area contributed by atoms with Crippen molar-refractivity contribution in [1.82, 2.24) is 4.90 Å². The fourth-order valence-corrected chi connectivity index (χ4v) is 4.07. The highest BCUT2D eigenvalue weighted by molar-refractivity contribution is 5.77. The maximum absolute atomic E-state index is 12.4. The Morgan fingerprint density at radius 2 is 1.81 bits per heavy atom. The third kappa shape index (κ3) is 4.63. The first kappa shape index (κ1) is 19.7. The number of ether oxygens (including phenoxy) is 1. The standard InChI is InChI=1S/C22H31NO4/c1-21(2,3)16-6-8-17(9-7-16)27-14-4-5-19(24)23-12-10-22(11-13-23)15-18(22)20(25)26/h6-9,18H,4-5,10-15H2,1-3H3,(H,25,26). The van der Waals surface area contributed by atoms with E-state index in [4.69, 9.17) is 9.84 Å². The molecule has 0 radical (unpaired) electrons. The van der Waals surface area contributed by atoms with E-state index in [0.717, 1.165) is 25.0 Å². The monoisotopic (exact) mass is 373 g/mol. The van der Waals surface area contributed by atoms with E-state index in [0.29, 0.717) is 32.5 Å². The number of hydrogen-bond acceptors (Lipinski definition) is 3. The van der Waals surface area contributed by atoms with Gasteiger partial charge < -0.3 is 14.7 Å². The van der Waals surface area contributed by atoms with Gasteiger partial charge in [0.2, 0.25) is 5.91 Å². The van der Waals surface area contributed by atoms with Crippen molar-refractivity contribution in [2.24, 2.45) is 11.3 Å². The topological polar surface area (TPSA) is 66.8 Å². The molecular weight excluding hydrogens is 342 g/mol. The highest BCUT2D eigenvalue weighted by Crippen LogP contribution is 2.59. The molecule has 5 heteroatoms. The Morgan fingerprint density at radius 3 is 2.33 bits per heavy atom. The number of carboxylic acids is 1. The molecule has 27 heavy (non-hydrogen) atoms. The second-order valence-electron chi connectivity index (χ2n) is 9.06. The van der Waals surface area contributed by atoms with Gasteiger partial charge in [0.25, 0.3) is 0 Å². The van der Waals surface area contributed by atoms with Crippen LogP contribution in [-0.4, -0.2) is 41.6 Å². The average Bonchev–Trinajstić information content (AvgIpc) is 3.32. The number of aliphatic carboxylic acids is 1. The molecule has 148 valence electrons. The van der Waals surface area contributed by atoms with E-state index >= 15 is 0 Å². The molecule has 1 atom stereocenters. The number of likely N-dealkylation sites (tertiary alicyclic amines) is 1. The Balaban J connectivity index is 1.35. The summed E-state index contributed by atoms with van der Waals surface area (Å²) in [7, 11) is 0. The third-order valence-electron chi connectivity index (χ3n) is 6.12. The maximum Gasteiger partial charge on any atom is 0.307 e. The molecule has 2 fully saturated rings. The minimum atomic E-state index is -0.678. The molecule has 1 aliphatic carbocycles. The van der Waals surface area contributed by atoms with Crippen LogP contribution in [0.2, 0.25) is 0 Å². The van der Waals surface area contributed by atoms with E-state index in [1.807, 2.05) is 17.0 Å². The molecule has 1 aromatic rings. The molecule has 1 spiro atoms. The minimum Gasteiger partial charge on any atom is -0.494 e. The maximum atomic E-state index is 12.4. The molecule has 0 bridgehead atoms. The lowest BCUT2D eigenvalue weighted by Gasteiger charge is -2.32. The van der Waals surface area contributed by atoms with E-state index in [2.05, 4.69) is 32.9 Å². The third-order valence-corrected chi connectivity index (χ3v) is 6.12. The zero-order chi connectivity index (χ0) is 19.7. The summed E-state index contributed by atoms with van der Waals surface area (Å²) in [4.78, 5) is 25.4. The molecular formula is C22H31NO4. The van der Waals surface area contributed by atoms with Gasteiger partial charge in [-0.1, -0.05) is 32.9 Å². The van der Waals surface area contributed by atoms with E-state index < -0.39 is 5.97 Å². The van der Waals surface area contributed by atoms with Crippen LogP contribution in [0.5, 0.6) is 5.75 Å². The SMILES string of the molecule is CC(C)(C)c1ccc(OCCCC(=O)N2CCC3(CC2)CC3C(=O)O)cc1. The normalized spacial score (nSPS) is 21.1. The van der Waals surface area contributed by atoms with Gasteiger partial charge in [0.05, 0.1) is 12.5 Å². The zero-order valence-corrected chi connectivity index (χ0v) is 16.7. The van der Waals surface area contributed by atoms with E-state index in [1.54, 1.807) is 0 Å². The summed E-state index contributed by atoms with van der Waals surface area (Å²) in [6, 6.07) is 8.15. The van der Waals surface area contributed by atoms with Crippen molar-refractivity contribution in [3.05, 3.63) is 29.8 Å². The van der Waals surface area contributed by atoms with Crippen molar-refractivity contribution >= 4 is 11.9 Å². The minimum absolute atomic E-state index is 0.0229. The Morgan fingerprint density at radius 1 is 1.19 bits per heavy atom. The van der Waals surface area contributed by atoms with Gasteiger partial charge in [-0.25, -0.2) is 0 Å². The van der Waals surface area contributed by atoms with Gasteiger partial charge in [-0.2, -0.15) is 0 Å². The van der Waals surface area contributed by atoms with E-state index in [1.165, 1.54) is 5.56 Å². The highest BCUT2D eigenvalue weighted by Gasteiger charge is 2.59. The lowest BCUT2D eigenvalue weighted by Crippen LogP contribution is -2.40. The van der Waals surface area contributed by atoms with Gasteiger partial charge in [-0.15, -0.1) is 0 Å². The Labute approximate surface area is 161 Å². The number of carboxylic acid groups (broad SMARTS) is 1. The number of piperidine rings is 1. The number of hydrogen-bond donors (Lipinski definition) is 1. The predicted octanol–water partition coefficient (Wildman–Crippen LogP) is 3.86. The second kappa shape index (κ2) is 7.53. The molecule has 3 rings (SSSR count). The van der Waals surface area contributed by atoms with Crippen LogP contribution in [0.3, 0.4) is 0 Å². The summed E-state index contributed by atoms with van der Waals surface area (Å²) in [5.41, 5.74) is 1.38. The van der Waals surface area contributed by atoms with Gasteiger partial charge in [0.15, 0.2) is 0 Å². The first-order chi connectivity index (χ1) is 12.7. The van der Waals surface area contributed by atoms with Crippen LogP contribution in [0.15, 0.2) is 24.3 Å². The first-order valence-corrected chi connectivity index (χ1v) is 9.95. The molecule has 1 heterocycles. The van der Waals surface area contributed by atoms with Crippen molar-refractivity contribution in [1.29, 1.82) is 0 Å². The molecule has 1 saturated carbocycles. The number of carbonyl (C=O) groups excluding carboxylic acids is 1. The molecule has 2 aliphatic rings. The fourth-order valence-electron chi connectivity index (χ4n) is 4.07. The number of carbonyl (C=O) groups is 2. The van der Waals surface area contributed by atoms with Crippen molar-refractivity contribution < 1.29 is 19.4 Å². The van der Waals surface area contributed by atoms with Crippen LogP contribution >= 0.6 is 0 Å². The van der Waals surface area contributed by atoms with Crippen molar-refractivity contribution in [3.8, 4) is 5.75 Å². The average molecular weight is 373 g/mol. The summed E-state index contributed by atoms with van der Waals surface area (Å²) < 4.78 is 5.76. The van der Waals surface area contributed by atoms with Crippen LogP contribution < -0.4 is 4.74 Å². The lowest BCUT2D eigenvalue weighted by atomic mass is 9.87. The van der Waals surface area contributed by atoms with Crippen molar-refractivity contribution in [3.63, 3.8) is 0 Å². The van der Waals surface area contributed by atoms with Gasteiger partial charge in [-0.05, 0) is 54.2 Å². The molecule has 1 N–H and O–H groups in total. The summed E-state index contributed by atoms with van der Waals surface area (Å²) in [6.45, 7) is 8.46. The van der Waals surface area contributed by atoms with Gasteiger partial charge in [0.1, 0.15) is 5.75 Å². The smallest absolute Gasteiger partial charge is 0.307 e. The molecule has 1 amide bonds. The summed E-state index contributed by atoms with van der Waals surface area (Å²) in [6.07, 6.45) is 3.61. The molecule has 0 aromatic heterocycles. The summed E-state index contributed by atoms with van der Waals surface area (Å²) in [5.74, 6) is 0.128. The van der Waals surface area contributed by atoms with Crippen molar-refractivity contribution in [2.75, 3.05) is 19.7 Å². The first-order valence-electron chi connectivity index (χ1n) is 9.95. The molecule has 1 aromatic carbocycles. The van der Waals surface area contributed by atoms with Crippen LogP contribution in [0.1, 0.15) is 58.4 Å². The largest absolute Gasteiger partial charge is 0.494 e. The molecule has 1 aliphatic heterocycles. The zero-order valence-electron chi connectivity index (χ0n) is 16.7. The quantitative estimate of drug-likeness (QED) is 0.769. The van der Waals surface area contributed by atoms with Crippen LogP contribution in [0.4, 0.5) is 0 Å². The van der Waals surface area contributed by atoms with E-state index in [-0.39, 0.29) is 22.7 Å². The molecule has 1 saturated heterocycles. The van der Waals surface area contributed by atoms with Crippen molar-refractivity contribution in [2.45, 2.75) is 58.3 Å². The van der Waals surface area contributed by atoms with Crippen LogP contribution in [0, 0.1) is 11.3 Å². The predicted molar refractivity (Wildman–Crippen MR) is 104 cm³/mol. The number of amides is 1.